The Morgan fingerprint density at radius 1 is 1.31 bits per heavy atom. The normalized spacial score (nSPS) is 19.0. The smallest absolute Gasteiger partial charge is 0.261 e. The maximum atomic E-state index is 9.19. The molecule has 0 aromatic heterocycles. The molecule has 0 spiro atoms. The molecule has 0 saturated heterocycles. The van der Waals surface area contributed by atoms with E-state index in [0.717, 1.165) is 0 Å². The summed E-state index contributed by atoms with van der Waals surface area (Å²) in [7, 11) is -3.67. The van der Waals surface area contributed by atoms with Crippen LogP contribution in [0.2, 0.25) is 0 Å². The van der Waals surface area contributed by atoms with Crippen molar-refractivity contribution in [2.45, 2.75) is 38.1 Å². The second-order valence-corrected chi connectivity index (χ2v) is 4.70. The summed E-state index contributed by atoms with van der Waals surface area (Å²) >= 11 is 0. The van der Waals surface area contributed by atoms with Crippen molar-refractivity contribution >= 4 is 10.1 Å². The van der Waals surface area contributed by atoms with Gasteiger partial charge in [0, 0.05) is 6.04 Å². The van der Waals surface area contributed by atoms with E-state index in [-0.39, 0.29) is 0 Å². The Hall–Kier alpha value is -0.170. The standard InChI is InChI=1S/C6H14N2.CH4O3S/c7-8-6-4-2-1-3-5-6;1-5(2,3)4/h6,8H,1-5,7H2;1H3,(H,2,3,4). The Balaban J connectivity index is 0.000000252. The van der Waals surface area contributed by atoms with Crippen LogP contribution < -0.4 is 11.3 Å². The highest BCUT2D eigenvalue weighted by molar-refractivity contribution is 7.85. The molecule has 1 fully saturated rings. The first-order valence-electron chi connectivity index (χ1n) is 4.32. The van der Waals surface area contributed by atoms with Crippen molar-refractivity contribution in [2.75, 3.05) is 6.26 Å². The lowest BCUT2D eigenvalue weighted by Gasteiger charge is -2.19. The summed E-state index contributed by atoms with van der Waals surface area (Å²) in [6, 6.07) is 0.615. The highest BCUT2D eigenvalue weighted by Gasteiger charge is 2.09. The second-order valence-electron chi connectivity index (χ2n) is 3.23. The van der Waals surface area contributed by atoms with Gasteiger partial charge >= 0.3 is 0 Å². The van der Waals surface area contributed by atoms with Gasteiger partial charge in [-0.2, -0.15) is 8.42 Å². The molecule has 0 atom stereocenters. The van der Waals surface area contributed by atoms with E-state index >= 15 is 0 Å². The van der Waals surface area contributed by atoms with Crippen molar-refractivity contribution in [3.8, 4) is 0 Å². The van der Waals surface area contributed by atoms with Crippen molar-refractivity contribution in [3.63, 3.8) is 0 Å². The SMILES string of the molecule is CS(=O)(=O)O.NNC1CCCCC1. The maximum absolute atomic E-state index is 9.19. The third kappa shape index (κ3) is 11.8. The number of hydrazine groups is 1. The molecule has 1 saturated carbocycles. The molecule has 13 heavy (non-hydrogen) atoms. The average Bonchev–Trinajstić information content (AvgIpc) is 2.03. The minimum atomic E-state index is -3.67. The van der Waals surface area contributed by atoms with E-state index in [1.165, 1.54) is 32.1 Å². The molecule has 6 heteroatoms. The first kappa shape index (κ1) is 12.8. The monoisotopic (exact) mass is 210 g/mol. The van der Waals surface area contributed by atoms with Gasteiger partial charge in [0.1, 0.15) is 0 Å². The molecule has 0 aromatic rings. The van der Waals surface area contributed by atoms with Crippen molar-refractivity contribution < 1.29 is 13.0 Å². The predicted octanol–water partition coefficient (Wildman–Crippen LogP) is 0.286. The summed E-state index contributed by atoms with van der Waals surface area (Å²) in [5, 5.41) is 0. The lowest BCUT2D eigenvalue weighted by atomic mass is 9.96. The Morgan fingerprint density at radius 2 is 1.69 bits per heavy atom. The molecular weight excluding hydrogens is 192 g/mol. The quantitative estimate of drug-likeness (QED) is 0.328. The molecule has 0 aromatic carbocycles. The fraction of sp³-hybridized carbons (Fsp3) is 1.00. The Morgan fingerprint density at radius 3 is 1.92 bits per heavy atom. The molecule has 80 valence electrons. The van der Waals surface area contributed by atoms with Crippen LogP contribution in [0.5, 0.6) is 0 Å². The minimum absolute atomic E-state index is 0.615. The van der Waals surface area contributed by atoms with Crippen LogP contribution in [0.4, 0.5) is 0 Å². The molecule has 4 N–H and O–H groups in total. The second kappa shape index (κ2) is 6.31. The van der Waals surface area contributed by atoms with Crippen LogP contribution in [-0.4, -0.2) is 25.3 Å². The van der Waals surface area contributed by atoms with E-state index in [0.29, 0.717) is 12.3 Å². The molecule has 1 aliphatic carbocycles. The zero-order valence-corrected chi connectivity index (χ0v) is 8.68. The van der Waals surface area contributed by atoms with Crippen LogP contribution in [0.1, 0.15) is 32.1 Å². The topological polar surface area (TPSA) is 92.4 Å². The van der Waals surface area contributed by atoms with E-state index < -0.39 is 10.1 Å². The number of nitrogens with one attached hydrogen (secondary N) is 1. The van der Waals surface area contributed by atoms with Crippen molar-refractivity contribution in [3.05, 3.63) is 0 Å². The van der Waals surface area contributed by atoms with Gasteiger partial charge in [-0.3, -0.25) is 15.8 Å². The molecule has 0 radical (unpaired) electrons. The molecule has 0 amide bonds. The highest BCUT2D eigenvalue weighted by Crippen LogP contribution is 2.16. The van der Waals surface area contributed by atoms with Crippen molar-refractivity contribution in [1.29, 1.82) is 0 Å². The lowest BCUT2D eigenvalue weighted by molar-refractivity contribution is 0.379. The first-order valence-corrected chi connectivity index (χ1v) is 6.17. The van der Waals surface area contributed by atoms with E-state index in [2.05, 4.69) is 5.43 Å². The van der Waals surface area contributed by atoms with Crippen LogP contribution in [0.15, 0.2) is 0 Å². The summed E-state index contributed by atoms with van der Waals surface area (Å²) in [6.07, 6.45) is 7.38. The summed E-state index contributed by atoms with van der Waals surface area (Å²) < 4.78 is 25.9. The first-order chi connectivity index (χ1) is 5.93. The molecule has 0 heterocycles. The highest BCUT2D eigenvalue weighted by atomic mass is 32.2. The van der Waals surface area contributed by atoms with Gasteiger partial charge in [0.25, 0.3) is 10.1 Å². The summed E-state index contributed by atoms with van der Waals surface area (Å²) in [6.45, 7) is 0. The fourth-order valence-corrected chi connectivity index (χ4v) is 1.27. The lowest BCUT2D eigenvalue weighted by Crippen LogP contribution is -2.36. The van der Waals surface area contributed by atoms with E-state index in [9.17, 15) is 8.42 Å². The van der Waals surface area contributed by atoms with Gasteiger partial charge in [0.2, 0.25) is 0 Å². The van der Waals surface area contributed by atoms with E-state index in [1.54, 1.807) is 0 Å². The fourth-order valence-electron chi connectivity index (χ4n) is 1.27. The van der Waals surface area contributed by atoms with Gasteiger partial charge in [0.05, 0.1) is 6.26 Å². The van der Waals surface area contributed by atoms with Crippen molar-refractivity contribution in [2.24, 2.45) is 5.84 Å². The van der Waals surface area contributed by atoms with Crippen LogP contribution in [0.25, 0.3) is 0 Å². The van der Waals surface area contributed by atoms with Gasteiger partial charge < -0.3 is 0 Å². The molecule has 1 rings (SSSR count). The Kier molecular flexibility index (Phi) is 6.23. The third-order valence-corrected chi connectivity index (χ3v) is 1.84. The van der Waals surface area contributed by atoms with E-state index in [4.69, 9.17) is 10.4 Å². The molecule has 1 aliphatic rings. The van der Waals surface area contributed by atoms with E-state index in [1.807, 2.05) is 0 Å². The number of hydrogen-bond donors (Lipinski definition) is 3. The Labute approximate surface area is 79.4 Å². The number of rotatable bonds is 1. The van der Waals surface area contributed by atoms with Crippen molar-refractivity contribution in [1.82, 2.24) is 5.43 Å². The van der Waals surface area contributed by atoms with Gasteiger partial charge in [-0.05, 0) is 12.8 Å². The van der Waals surface area contributed by atoms with Gasteiger partial charge in [-0.25, -0.2) is 0 Å². The summed E-state index contributed by atoms with van der Waals surface area (Å²) in [5.41, 5.74) is 2.80. The number of nitrogens with two attached hydrogens (primary N) is 1. The van der Waals surface area contributed by atoms with Gasteiger partial charge in [-0.1, -0.05) is 19.3 Å². The van der Waals surface area contributed by atoms with Gasteiger partial charge in [0.15, 0.2) is 0 Å². The Bertz CT molecular complexity index is 202. The van der Waals surface area contributed by atoms with Crippen LogP contribution in [0, 0.1) is 0 Å². The molecule has 0 bridgehead atoms. The summed E-state index contributed by atoms with van der Waals surface area (Å²) in [4.78, 5) is 0. The molecule has 0 aliphatic heterocycles. The molecule has 0 unspecified atom stereocenters. The predicted molar refractivity (Wildman–Crippen MR) is 51.7 cm³/mol. The maximum Gasteiger partial charge on any atom is 0.261 e. The summed E-state index contributed by atoms with van der Waals surface area (Å²) in [5.74, 6) is 5.25. The largest absolute Gasteiger partial charge is 0.286 e. The van der Waals surface area contributed by atoms with Crippen LogP contribution >= 0.6 is 0 Å². The van der Waals surface area contributed by atoms with Crippen LogP contribution in [0.3, 0.4) is 0 Å². The zero-order chi connectivity index (χ0) is 10.3. The molecule has 5 nitrogen and oxygen atoms in total. The average molecular weight is 210 g/mol. The van der Waals surface area contributed by atoms with Crippen LogP contribution in [-0.2, 0) is 10.1 Å². The zero-order valence-electron chi connectivity index (χ0n) is 7.86. The minimum Gasteiger partial charge on any atom is -0.286 e. The van der Waals surface area contributed by atoms with Gasteiger partial charge in [-0.15, -0.1) is 0 Å². The number of hydrogen-bond acceptors (Lipinski definition) is 4. The third-order valence-electron chi connectivity index (χ3n) is 1.84. The molecular formula is C7H18N2O3S.